The molecule has 0 saturated carbocycles. The number of methoxy groups -OCH3 is 1. The van der Waals surface area contributed by atoms with Crippen LogP contribution in [0.2, 0.25) is 0 Å². The second-order valence-electron chi connectivity index (χ2n) is 4.97. The van der Waals surface area contributed by atoms with Crippen LogP contribution in [-0.2, 0) is 14.3 Å². The lowest BCUT2D eigenvalue weighted by Crippen LogP contribution is -2.40. The number of ether oxygens (including phenoxy) is 1. The number of terminal acetylenes is 1. The molecule has 4 heteroatoms. The summed E-state index contributed by atoms with van der Waals surface area (Å²) < 4.78 is 4.53. The number of aliphatic hydroxyl groups is 1. The minimum atomic E-state index is -1.14. The quantitative estimate of drug-likeness (QED) is 0.374. The summed E-state index contributed by atoms with van der Waals surface area (Å²) in [5.74, 6) is -0.592. The van der Waals surface area contributed by atoms with Crippen molar-refractivity contribution in [3.8, 4) is 12.8 Å². The molecule has 0 aromatic heterocycles. The van der Waals surface area contributed by atoms with E-state index in [1.807, 2.05) is 6.92 Å². The first-order chi connectivity index (χ1) is 9.79. The number of esters is 1. The van der Waals surface area contributed by atoms with Crippen LogP contribution in [0.25, 0.3) is 0 Å². The van der Waals surface area contributed by atoms with E-state index in [9.17, 15) is 14.7 Å². The number of hydrogen-bond acceptors (Lipinski definition) is 4. The third-order valence-electron chi connectivity index (χ3n) is 3.41. The van der Waals surface area contributed by atoms with Crippen LogP contribution in [-0.4, -0.2) is 29.6 Å². The number of hydrogen-bond donors (Lipinski definition) is 1. The topological polar surface area (TPSA) is 63.6 Å². The van der Waals surface area contributed by atoms with E-state index in [1.165, 1.54) is 19.3 Å². The van der Waals surface area contributed by atoms with Crippen LogP contribution in [0.4, 0.5) is 0 Å². The van der Waals surface area contributed by atoms with Crippen molar-refractivity contribution in [2.24, 2.45) is 5.92 Å². The molecule has 0 aliphatic heterocycles. The Morgan fingerprint density at radius 1 is 1.52 bits per heavy atom. The van der Waals surface area contributed by atoms with Crippen molar-refractivity contribution < 1.29 is 19.4 Å². The lowest BCUT2D eigenvalue weighted by Gasteiger charge is -2.35. The van der Waals surface area contributed by atoms with Gasteiger partial charge in [-0.25, -0.2) is 4.79 Å². The molecule has 1 N–H and O–H groups in total. The van der Waals surface area contributed by atoms with Crippen LogP contribution in [0.3, 0.4) is 0 Å². The van der Waals surface area contributed by atoms with Gasteiger partial charge >= 0.3 is 5.97 Å². The second-order valence-corrected chi connectivity index (χ2v) is 4.97. The van der Waals surface area contributed by atoms with Gasteiger partial charge in [0, 0.05) is 12.5 Å². The molecule has 0 heterocycles. The summed E-state index contributed by atoms with van der Waals surface area (Å²) >= 11 is 0. The summed E-state index contributed by atoms with van der Waals surface area (Å²) in [6.07, 6.45) is 14.4. The molecule has 114 valence electrons. The Kier molecular flexibility index (Phi) is 7.40. The van der Waals surface area contributed by atoms with Crippen molar-refractivity contribution in [3.05, 3.63) is 35.5 Å². The number of ketones is 1. The molecule has 1 aliphatic rings. The first-order valence-electron chi connectivity index (χ1n) is 6.52. The highest BCUT2D eigenvalue weighted by atomic mass is 16.5. The van der Waals surface area contributed by atoms with Crippen molar-refractivity contribution in [2.45, 2.75) is 32.8 Å². The highest BCUT2D eigenvalue weighted by Gasteiger charge is 2.37. The number of rotatable bonds is 3. The lowest BCUT2D eigenvalue weighted by molar-refractivity contribution is -0.134. The molecular weight excluding hydrogens is 268 g/mol. The Balaban J connectivity index is 0.00000191. The molecule has 0 bridgehead atoms. The molecule has 0 radical (unpaired) electrons. The molecule has 0 fully saturated rings. The summed E-state index contributed by atoms with van der Waals surface area (Å²) in [5.41, 5.74) is 0.162. The standard InChI is InChI=1S/C15H20O4.C2H2/c1-10(7-14(17)19-4)5-6-15(18)11(2)8-13(16)9-12(15)3;1-2/h5-8,12,18H,9H2,1-4H3;1-2H/b6-5+,10-7-;/t12?,15-;/m1./s1. The van der Waals surface area contributed by atoms with E-state index in [0.717, 1.165) is 0 Å². The Hall–Kier alpha value is -2.12. The summed E-state index contributed by atoms with van der Waals surface area (Å²) in [5, 5.41) is 10.6. The van der Waals surface area contributed by atoms with Gasteiger partial charge in [-0.3, -0.25) is 4.79 Å². The van der Waals surface area contributed by atoms with Crippen LogP contribution in [0, 0.1) is 18.8 Å². The summed E-state index contributed by atoms with van der Waals surface area (Å²) in [6.45, 7) is 5.31. The van der Waals surface area contributed by atoms with Crippen LogP contribution in [0.15, 0.2) is 35.5 Å². The highest BCUT2D eigenvalue weighted by molar-refractivity contribution is 5.92. The molecule has 4 nitrogen and oxygen atoms in total. The van der Waals surface area contributed by atoms with Gasteiger partial charge in [0.25, 0.3) is 0 Å². The van der Waals surface area contributed by atoms with Gasteiger partial charge in [-0.1, -0.05) is 13.0 Å². The van der Waals surface area contributed by atoms with Gasteiger partial charge in [0.05, 0.1) is 7.11 Å². The summed E-state index contributed by atoms with van der Waals surface area (Å²) in [6, 6.07) is 0. The first-order valence-corrected chi connectivity index (χ1v) is 6.52. The first kappa shape index (κ1) is 18.9. The number of allylic oxidation sites excluding steroid dienone is 3. The molecule has 0 spiro atoms. The molecule has 0 amide bonds. The molecule has 0 aromatic rings. The third kappa shape index (κ3) is 5.05. The molecule has 1 aliphatic carbocycles. The van der Waals surface area contributed by atoms with Crippen molar-refractivity contribution in [1.82, 2.24) is 0 Å². The summed E-state index contributed by atoms with van der Waals surface area (Å²) in [7, 11) is 1.31. The molecule has 21 heavy (non-hydrogen) atoms. The Morgan fingerprint density at radius 2 is 2.10 bits per heavy atom. The van der Waals surface area contributed by atoms with E-state index < -0.39 is 11.6 Å². The molecular formula is C17H22O4. The minimum absolute atomic E-state index is 0.0323. The van der Waals surface area contributed by atoms with Gasteiger partial charge in [-0.05, 0) is 43.1 Å². The Bertz CT molecular complexity index is 508. The molecule has 0 saturated heterocycles. The zero-order chi connectivity index (χ0) is 16.6. The summed E-state index contributed by atoms with van der Waals surface area (Å²) in [4.78, 5) is 22.5. The van der Waals surface area contributed by atoms with Crippen LogP contribution >= 0.6 is 0 Å². The smallest absolute Gasteiger partial charge is 0.330 e. The normalized spacial score (nSPS) is 25.9. The largest absolute Gasteiger partial charge is 0.466 e. The average Bonchev–Trinajstić information content (AvgIpc) is 2.44. The van der Waals surface area contributed by atoms with Gasteiger partial charge in [0.15, 0.2) is 5.78 Å². The van der Waals surface area contributed by atoms with E-state index in [2.05, 4.69) is 17.6 Å². The molecule has 1 rings (SSSR count). The van der Waals surface area contributed by atoms with Crippen molar-refractivity contribution in [1.29, 1.82) is 0 Å². The zero-order valence-electron chi connectivity index (χ0n) is 12.9. The van der Waals surface area contributed by atoms with E-state index in [1.54, 1.807) is 26.0 Å². The van der Waals surface area contributed by atoms with E-state index >= 15 is 0 Å². The lowest BCUT2D eigenvalue weighted by atomic mass is 9.75. The fourth-order valence-corrected chi connectivity index (χ4v) is 2.11. The number of carbonyl (C=O) groups excluding carboxylic acids is 2. The van der Waals surface area contributed by atoms with E-state index in [0.29, 0.717) is 17.6 Å². The van der Waals surface area contributed by atoms with Crippen molar-refractivity contribution in [3.63, 3.8) is 0 Å². The molecule has 2 atom stereocenters. The number of carbonyl (C=O) groups is 2. The van der Waals surface area contributed by atoms with Gasteiger partial charge in [-0.2, -0.15) is 0 Å². The fraction of sp³-hybridized carbons (Fsp3) is 0.412. The van der Waals surface area contributed by atoms with Gasteiger partial charge in [0.2, 0.25) is 0 Å². The predicted octanol–water partition coefficient (Wildman–Crippen LogP) is 2.20. The second kappa shape index (κ2) is 8.23. The van der Waals surface area contributed by atoms with E-state index in [4.69, 9.17) is 0 Å². The van der Waals surface area contributed by atoms with Gasteiger partial charge < -0.3 is 9.84 Å². The average molecular weight is 290 g/mol. The van der Waals surface area contributed by atoms with Crippen molar-refractivity contribution >= 4 is 11.8 Å². The maximum absolute atomic E-state index is 11.4. The SMILES string of the molecule is C#C.COC(=O)/C=C(C)\C=C\[C@@]1(O)C(C)=CC(=O)CC1C. The fourth-order valence-electron chi connectivity index (χ4n) is 2.11. The molecule has 1 unspecified atom stereocenters. The maximum atomic E-state index is 11.4. The maximum Gasteiger partial charge on any atom is 0.330 e. The van der Waals surface area contributed by atoms with Gasteiger partial charge in [-0.15, -0.1) is 12.8 Å². The van der Waals surface area contributed by atoms with Crippen molar-refractivity contribution in [2.75, 3.05) is 7.11 Å². The monoisotopic (exact) mass is 290 g/mol. The van der Waals surface area contributed by atoms with E-state index in [-0.39, 0.29) is 11.7 Å². The van der Waals surface area contributed by atoms with Crippen LogP contribution in [0.5, 0.6) is 0 Å². The van der Waals surface area contributed by atoms with Crippen LogP contribution < -0.4 is 0 Å². The van der Waals surface area contributed by atoms with Crippen LogP contribution in [0.1, 0.15) is 27.2 Å². The Morgan fingerprint density at radius 3 is 2.57 bits per heavy atom. The third-order valence-corrected chi connectivity index (χ3v) is 3.41. The highest BCUT2D eigenvalue weighted by Crippen LogP contribution is 2.34. The minimum Gasteiger partial charge on any atom is -0.466 e. The molecule has 0 aromatic carbocycles. The van der Waals surface area contributed by atoms with Gasteiger partial charge in [0.1, 0.15) is 5.60 Å². The zero-order valence-corrected chi connectivity index (χ0v) is 12.9. The predicted molar refractivity (Wildman–Crippen MR) is 82.3 cm³/mol. The Labute approximate surface area is 126 Å².